The molecule has 80 valence electrons. The summed E-state index contributed by atoms with van der Waals surface area (Å²) in [5.74, 6) is 0.302. The second-order valence-corrected chi connectivity index (χ2v) is 3.46. The zero-order chi connectivity index (χ0) is 11.5. The largest absolute Gasteiger partial charge is 0.282 e. The maximum atomic E-state index is 8.04. The van der Waals surface area contributed by atoms with Gasteiger partial charge in [0.1, 0.15) is 0 Å². The monoisotopic (exact) mass is 212 g/mol. The molecular weight excluding hydrogens is 200 g/mol. The van der Waals surface area contributed by atoms with Crippen LogP contribution in [0.5, 0.6) is 0 Å². The highest BCUT2D eigenvalue weighted by Gasteiger charge is 2.15. The summed E-state index contributed by atoms with van der Waals surface area (Å²) in [6, 6.07) is 3.55. The molecule has 0 amide bonds. The molecule has 1 aromatic heterocycles. The van der Waals surface area contributed by atoms with E-state index in [1.165, 1.54) is 5.01 Å². The van der Waals surface area contributed by atoms with Crippen LogP contribution in [0.2, 0.25) is 0 Å². The number of aromatic nitrogens is 1. The number of hydrazone groups is 1. The van der Waals surface area contributed by atoms with Gasteiger partial charge in [-0.05, 0) is 31.2 Å². The van der Waals surface area contributed by atoms with E-state index in [0.29, 0.717) is 11.5 Å². The molecule has 2 rings (SSSR count). The van der Waals surface area contributed by atoms with Crippen molar-refractivity contribution in [3.63, 3.8) is 0 Å². The van der Waals surface area contributed by atoms with E-state index in [-0.39, 0.29) is 0 Å². The van der Waals surface area contributed by atoms with Gasteiger partial charge in [0.15, 0.2) is 5.84 Å². The molecule has 0 aliphatic carbocycles. The Hall–Kier alpha value is -2.23. The first kappa shape index (κ1) is 10.3. The Morgan fingerprint density at radius 3 is 2.69 bits per heavy atom. The molecule has 0 saturated carbocycles. The minimum Gasteiger partial charge on any atom is -0.282 e. The van der Waals surface area contributed by atoms with Crippen molar-refractivity contribution in [2.75, 3.05) is 0 Å². The topological polar surface area (TPSA) is 52.3 Å². The number of rotatable bonds is 1. The molecule has 0 radical (unpaired) electrons. The van der Waals surface area contributed by atoms with E-state index in [0.717, 1.165) is 11.3 Å². The maximum absolute atomic E-state index is 8.04. The molecule has 0 aromatic carbocycles. The highest BCUT2D eigenvalue weighted by atomic mass is 15.5. The van der Waals surface area contributed by atoms with Gasteiger partial charge in [-0.1, -0.05) is 6.58 Å². The molecule has 0 bridgehead atoms. The second kappa shape index (κ2) is 4.10. The predicted octanol–water partition coefficient (Wildman–Crippen LogP) is 2.17. The molecule has 1 N–H and O–H groups in total. The SMILES string of the molecule is C=C1C=CC(C)=NN1C(=N)c1ccncc1. The Morgan fingerprint density at radius 2 is 2.00 bits per heavy atom. The number of nitrogens with one attached hydrogen (secondary N) is 1. The van der Waals surface area contributed by atoms with Gasteiger partial charge < -0.3 is 0 Å². The Bertz CT molecular complexity index is 485. The van der Waals surface area contributed by atoms with Crippen LogP contribution in [0.4, 0.5) is 0 Å². The number of amidine groups is 1. The molecule has 4 heteroatoms. The van der Waals surface area contributed by atoms with Crippen molar-refractivity contribution >= 4 is 11.5 Å². The van der Waals surface area contributed by atoms with Gasteiger partial charge in [0.05, 0.1) is 11.4 Å². The Kier molecular flexibility index (Phi) is 2.64. The Morgan fingerprint density at radius 1 is 1.31 bits per heavy atom. The van der Waals surface area contributed by atoms with Crippen molar-refractivity contribution in [2.24, 2.45) is 5.10 Å². The number of nitrogens with zero attached hydrogens (tertiary/aromatic N) is 3. The fourth-order valence-electron chi connectivity index (χ4n) is 1.37. The van der Waals surface area contributed by atoms with Gasteiger partial charge in [-0.2, -0.15) is 5.10 Å². The van der Waals surface area contributed by atoms with E-state index >= 15 is 0 Å². The molecule has 4 nitrogen and oxygen atoms in total. The summed E-state index contributed by atoms with van der Waals surface area (Å²) >= 11 is 0. The van der Waals surface area contributed by atoms with Crippen molar-refractivity contribution in [3.8, 4) is 0 Å². The van der Waals surface area contributed by atoms with E-state index in [4.69, 9.17) is 5.41 Å². The van der Waals surface area contributed by atoms with Crippen LogP contribution < -0.4 is 0 Å². The maximum Gasteiger partial charge on any atom is 0.154 e. The first-order valence-corrected chi connectivity index (χ1v) is 4.90. The van der Waals surface area contributed by atoms with Crippen LogP contribution in [0.15, 0.2) is 54.1 Å². The summed E-state index contributed by atoms with van der Waals surface area (Å²) in [6.07, 6.45) is 7.03. The average molecular weight is 212 g/mol. The van der Waals surface area contributed by atoms with E-state index in [9.17, 15) is 0 Å². The zero-order valence-corrected chi connectivity index (χ0v) is 9.01. The van der Waals surface area contributed by atoms with Crippen LogP contribution in [-0.4, -0.2) is 21.5 Å². The molecule has 1 aliphatic rings. The third-order valence-electron chi connectivity index (χ3n) is 2.21. The van der Waals surface area contributed by atoms with Gasteiger partial charge in [0.25, 0.3) is 0 Å². The number of hydrogen-bond donors (Lipinski definition) is 1. The lowest BCUT2D eigenvalue weighted by atomic mass is 10.2. The van der Waals surface area contributed by atoms with E-state index in [2.05, 4.69) is 16.7 Å². The zero-order valence-electron chi connectivity index (χ0n) is 9.01. The summed E-state index contributed by atoms with van der Waals surface area (Å²) in [5, 5.41) is 13.8. The van der Waals surface area contributed by atoms with E-state index < -0.39 is 0 Å². The molecule has 16 heavy (non-hydrogen) atoms. The Balaban J connectivity index is 2.30. The van der Waals surface area contributed by atoms with Gasteiger partial charge in [0, 0.05) is 18.0 Å². The van der Waals surface area contributed by atoms with Crippen LogP contribution in [0.25, 0.3) is 0 Å². The van der Waals surface area contributed by atoms with E-state index in [1.54, 1.807) is 24.5 Å². The normalized spacial score (nSPS) is 14.9. The Labute approximate surface area is 94.1 Å². The quantitative estimate of drug-likeness (QED) is 0.573. The third-order valence-corrected chi connectivity index (χ3v) is 2.21. The summed E-state index contributed by atoms with van der Waals surface area (Å²) < 4.78 is 0. The summed E-state index contributed by atoms with van der Waals surface area (Å²) in [6.45, 7) is 5.74. The van der Waals surface area contributed by atoms with Crippen LogP contribution in [0.3, 0.4) is 0 Å². The van der Waals surface area contributed by atoms with Crippen LogP contribution >= 0.6 is 0 Å². The van der Waals surface area contributed by atoms with Crippen molar-refractivity contribution in [1.29, 1.82) is 5.41 Å². The fraction of sp³-hybridized carbons (Fsp3) is 0.0833. The third kappa shape index (κ3) is 1.91. The molecular formula is C12H12N4. The van der Waals surface area contributed by atoms with Crippen molar-refractivity contribution in [2.45, 2.75) is 6.92 Å². The molecule has 1 aromatic rings. The lowest BCUT2D eigenvalue weighted by Gasteiger charge is -2.23. The summed E-state index contributed by atoms with van der Waals surface area (Å²) in [7, 11) is 0. The fourth-order valence-corrected chi connectivity index (χ4v) is 1.37. The van der Waals surface area contributed by atoms with Gasteiger partial charge >= 0.3 is 0 Å². The van der Waals surface area contributed by atoms with Gasteiger partial charge in [0.2, 0.25) is 0 Å². The van der Waals surface area contributed by atoms with E-state index in [1.807, 2.05) is 19.1 Å². The lowest BCUT2D eigenvalue weighted by molar-refractivity contribution is 0.562. The predicted molar refractivity (Wildman–Crippen MR) is 64.3 cm³/mol. The minimum absolute atomic E-state index is 0.302. The van der Waals surface area contributed by atoms with Crippen LogP contribution in [0, 0.1) is 5.41 Å². The lowest BCUT2D eigenvalue weighted by Crippen LogP contribution is -2.27. The molecule has 0 saturated heterocycles. The molecule has 0 spiro atoms. The number of allylic oxidation sites excluding steroid dienone is 2. The van der Waals surface area contributed by atoms with Crippen LogP contribution in [0.1, 0.15) is 12.5 Å². The molecule has 0 atom stereocenters. The first-order valence-electron chi connectivity index (χ1n) is 4.90. The standard InChI is InChI=1S/C12H12N4/c1-9-3-4-10(2)16(15-9)12(13)11-5-7-14-8-6-11/h3-8,13H,2H2,1H3. The molecule has 1 aliphatic heterocycles. The second-order valence-electron chi connectivity index (χ2n) is 3.46. The highest BCUT2D eigenvalue weighted by Crippen LogP contribution is 2.14. The molecule has 0 fully saturated rings. The van der Waals surface area contributed by atoms with Gasteiger partial charge in [-0.15, -0.1) is 0 Å². The van der Waals surface area contributed by atoms with Crippen molar-refractivity contribution in [3.05, 3.63) is 54.5 Å². The molecule has 0 unspecified atom stereocenters. The van der Waals surface area contributed by atoms with Crippen molar-refractivity contribution in [1.82, 2.24) is 9.99 Å². The molecule has 2 heterocycles. The minimum atomic E-state index is 0.302. The summed E-state index contributed by atoms with van der Waals surface area (Å²) in [4.78, 5) is 3.92. The number of pyridine rings is 1. The summed E-state index contributed by atoms with van der Waals surface area (Å²) in [5.41, 5.74) is 2.31. The van der Waals surface area contributed by atoms with Crippen molar-refractivity contribution < 1.29 is 0 Å². The first-order chi connectivity index (χ1) is 7.68. The smallest absolute Gasteiger partial charge is 0.154 e. The van der Waals surface area contributed by atoms with Crippen LogP contribution in [-0.2, 0) is 0 Å². The van der Waals surface area contributed by atoms with Gasteiger partial charge in [-0.3, -0.25) is 10.4 Å². The number of hydrogen-bond acceptors (Lipinski definition) is 3. The van der Waals surface area contributed by atoms with Gasteiger partial charge in [-0.25, -0.2) is 5.01 Å². The average Bonchev–Trinajstić information content (AvgIpc) is 2.32. The highest BCUT2D eigenvalue weighted by molar-refractivity contribution is 6.01.